The van der Waals surface area contributed by atoms with E-state index in [9.17, 15) is 13.6 Å². The number of hydrogen-bond acceptors (Lipinski definition) is 1. The van der Waals surface area contributed by atoms with Crippen molar-refractivity contribution in [1.82, 2.24) is 4.90 Å². The average molecular weight is 246 g/mol. The Morgan fingerprint density at radius 2 is 2.19 bits per heavy atom. The molecule has 1 atom stereocenters. The van der Waals surface area contributed by atoms with Crippen molar-refractivity contribution in [1.29, 1.82) is 0 Å². The summed E-state index contributed by atoms with van der Waals surface area (Å²) in [7, 11) is 0. The van der Waals surface area contributed by atoms with Gasteiger partial charge in [-0.15, -0.1) is 11.6 Å². The zero-order valence-electron chi connectivity index (χ0n) is 8.42. The third-order valence-corrected chi connectivity index (χ3v) is 2.83. The molecule has 0 saturated carbocycles. The molecule has 0 bridgehead atoms. The van der Waals surface area contributed by atoms with Crippen LogP contribution in [-0.4, -0.2) is 22.7 Å². The largest absolute Gasteiger partial charge is 0.337 e. The summed E-state index contributed by atoms with van der Waals surface area (Å²) in [4.78, 5) is 12.9. The van der Waals surface area contributed by atoms with E-state index in [1.54, 1.807) is 0 Å². The zero-order chi connectivity index (χ0) is 11.7. The number of likely N-dealkylation sites (tertiary alicyclic amines) is 1. The van der Waals surface area contributed by atoms with Crippen LogP contribution in [0.3, 0.4) is 0 Å². The van der Waals surface area contributed by atoms with E-state index < -0.39 is 11.6 Å². The van der Waals surface area contributed by atoms with E-state index in [4.69, 9.17) is 11.6 Å². The van der Waals surface area contributed by atoms with Gasteiger partial charge in [-0.1, -0.05) is 0 Å². The van der Waals surface area contributed by atoms with Gasteiger partial charge in [0, 0.05) is 25.1 Å². The summed E-state index contributed by atoms with van der Waals surface area (Å²) in [6, 6.07) is 3.21. The number of amides is 1. The molecule has 0 aliphatic carbocycles. The number of halogens is 3. The van der Waals surface area contributed by atoms with Crippen molar-refractivity contribution in [3.63, 3.8) is 0 Å². The first kappa shape index (κ1) is 11.3. The quantitative estimate of drug-likeness (QED) is 0.733. The van der Waals surface area contributed by atoms with Crippen molar-refractivity contribution in [2.24, 2.45) is 0 Å². The molecule has 5 heteroatoms. The number of carbonyl (C=O) groups is 1. The van der Waals surface area contributed by atoms with Crippen LogP contribution in [0.2, 0.25) is 0 Å². The lowest BCUT2D eigenvalue weighted by atomic mass is 10.2. The summed E-state index contributed by atoms with van der Waals surface area (Å²) in [5.74, 6) is -1.14. The standard InChI is InChI=1S/C11H10ClF2NO/c12-8-4-11(16)15(6-8)5-7-3-9(13)1-2-10(7)14/h1-3,8H,4-6H2. The highest BCUT2D eigenvalue weighted by Crippen LogP contribution is 2.20. The molecule has 16 heavy (non-hydrogen) atoms. The number of rotatable bonds is 2. The molecule has 1 fully saturated rings. The fourth-order valence-corrected chi connectivity index (χ4v) is 2.05. The Morgan fingerprint density at radius 1 is 1.44 bits per heavy atom. The van der Waals surface area contributed by atoms with Gasteiger partial charge in [-0.25, -0.2) is 8.78 Å². The molecule has 1 unspecified atom stereocenters. The number of hydrogen-bond donors (Lipinski definition) is 0. The van der Waals surface area contributed by atoms with Gasteiger partial charge in [-0.05, 0) is 18.2 Å². The Kier molecular flexibility index (Phi) is 3.10. The molecule has 1 aliphatic rings. The molecule has 0 radical (unpaired) electrons. The predicted octanol–water partition coefficient (Wildman–Crippen LogP) is 2.30. The maximum Gasteiger partial charge on any atom is 0.224 e. The average Bonchev–Trinajstić information content (AvgIpc) is 2.51. The Balaban J connectivity index is 2.15. The number of nitrogens with zero attached hydrogens (tertiary/aromatic N) is 1. The Labute approximate surface area is 96.8 Å². The van der Waals surface area contributed by atoms with Crippen LogP contribution in [0.25, 0.3) is 0 Å². The first-order valence-corrected chi connectivity index (χ1v) is 5.35. The van der Waals surface area contributed by atoms with E-state index in [1.165, 1.54) is 4.90 Å². The van der Waals surface area contributed by atoms with Crippen molar-refractivity contribution >= 4 is 17.5 Å². The monoisotopic (exact) mass is 245 g/mol. The molecule has 1 heterocycles. The molecule has 1 aliphatic heterocycles. The Bertz CT molecular complexity index is 424. The van der Waals surface area contributed by atoms with Gasteiger partial charge in [-0.3, -0.25) is 4.79 Å². The van der Waals surface area contributed by atoms with E-state index in [0.717, 1.165) is 18.2 Å². The van der Waals surface area contributed by atoms with Gasteiger partial charge in [0.05, 0.1) is 5.38 Å². The van der Waals surface area contributed by atoms with Gasteiger partial charge in [0.2, 0.25) is 5.91 Å². The van der Waals surface area contributed by atoms with Crippen LogP contribution in [0.1, 0.15) is 12.0 Å². The minimum atomic E-state index is -0.509. The van der Waals surface area contributed by atoms with Gasteiger partial charge >= 0.3 is 0 Å². The highest BCUT2D eigenvalue weighted by molar-refractivity contribution is 6.22. The predicted molar refractivity (Wildman–Crippen MR) is 56.0 cm³/mol. The molecule has 0 aromatic heterocycles. The molecule has 0 N–H and O–H groups in total. The summed E-state index contributed by atoms with van der Waals surface area (Å²) in [5, 5.41) is -0.232. The third kappa shape index (κ3) is 2.32. The molecule has 0 spiro atoms. The normalized spacial score (nSPS) is 20.6. The highest BCUT2D eigenvalue weighted by Gasteiger charge is 2.28. The molecule has 1 amide bonds. The second-order valence-corrected chi connectivity index (χ2v) is 4.43. The SMILES string of the molecule is O=C1CC(Cl)CN1Cc1cc(F)ccc1F. The number of alkyl halides is 1. The van der Waals surface area contributed by atoms with Crippen LogP contribution < -0.4 is 0 Å². The van der Waals surface area contributed by atoms with E-state index in [-0.39, 0.29) is 29.8 Å². The number of carbonyl (C=O) groups excluding carboxylic acids is 1. The Morgan fingerprint density at radius 3 is 2.81 bits per heavy atom. The smallest absolute Gasteiger partial charge is 0.224 e. The minimum Gasteiger partial charge on any atom is -0.337 e. The second-order valence-electron chi connectivity index (χ2n) is 3.81. The lowest BCUT2D eigenvalue weighted by molar-refractivity contribution is -0.128. The van der Waals surface area contributed by atoms with Crippen LogP contribution in [0.5, 0.6) is 0 Å². The first-order chi connectivity index (χ1) is 7.56. The van der Waals surface area contributed by atoms with Gasteiger partial charge in [-0.2, -0.15) is 0 Å². The molecule has 1 aromatic carbocycles. The lowest BCUT2D eigenvalue weighted by Crippen LogP contribution is -2.25. The summed E-state index contributed by atoms with van der Waals surface area (Å²) in [5.41, 5.74) is 0.180. The second kappa shape index (κ2) is 4.37. The first-order valence-electron chi connectivity index (χ1n) is 4.92. The lowest BCUT2D eigenvalue weighted by Gasteiger charge is -2.16. The molecule has 1 aromatic rings. The van der Waals surface area contributed by atoms with E-state index in [2.05, 4.69) is 0 Å². The van der Waals surface area contributed by atoms with E-state index >= 15 is 0 Å². The summed E-state index contributed by atoms with van der Waals surface area (Å²) >= 11 is 5.81. The van der Waals surface area contributed by atoms with Crippen LogP contribution in [0.4, 0.5) is 8.78 Å². The van der Waals surface area contributed by atoms with Crippen LogP contribution in [-0.2, 0) is 11.3 Å². The van der Waals surface area contributed by atoms with E-state index in [1.807, 2.05) is 0 Å². The molecule has 1 saturated heterocycles. The van der Waals surface area contributed by atoms with Gasteiger partial charge in [0.15, 0.2) is 0 Å². The summed E-state index contributed by atoms with van der Waals surface area (Å²) < 4.78 is 26.2. The van der Waals surface area contributed by atoms with Crippen molar-refractivity contribution in [3.8, 4) is 0 Å². The van der Waals surface area contributed by atoms with Crippen LogP contribution in [0, 0.1) is 11.6 Å². The molecule has 2 rings (SSSR count). The maximum absolute atomic E-state index is 13.3. The van der Waals surface area contributed by atoms with Crippen molar-refractivity contribution in [3.05, 3.63) is 35.4 Å². The van der Waals surface area contributed by atoms with Gasteiger partial charge < -0.3 is 4.90 Å². The van der Waals surface area contributed by atoms with Gasteiger partial charge in [0.1, 0.15) is 11.6 Å². The van der Waals surface area contributed by atoms with Crippen LogP contribution in [0.15, 0.2) is 18.2 Å². The fraction of sp³-hybridized carbons (Fsp3) is 0.364. The van der Waals surface area contributed by atoms with Crippen molar-refractivity contribution in [2.45, 2.75) is 18.3 Å². The van der Waals surface area contributed by atoms with Crippen molar-refractivity contribution in [2.75, 3.05) is 6.54 Å². The Hall–Kier alpha value is -1.16. The molecule has 86 valence electrons. The summed E-state index contributed by atoms with van der Waals surface area (Å²) in [6.45, 7) is 0.460. The third-order valence-electron chi connectivity index (χ3n) is 2.54. The minimum absolute atomic E-state index is 0.0750. The highest BCUT2D eigenvalue weighted by atomic mass is 35.5. The van der Waals surface area contributed by atoms with Gasteiger partial charge in [0.25, 0.3) is 0 Å². The van der Waals surface area contributed by atoms with Crippen LogP contribution >= 0.6 is 11.6 Å². The van der Waals surface area contributed by atoms with Crippen molar-refractivity contribution < 1.29 is 13.6 Å². The summed E-state index contributed by atoms with van der Waals surface area (Å²) in [6.07, 6.45) is 0.262. The fourth-order valence-electron chi connectivity index (χ4n) is 1.75. The molecule has 2 nitrogen and oxygen atoms in total. The topological polar surface area (TPSA) is 20.3 Å². The maximum atomic E-state index is 13.3. The molecular weight excluding hydrogens is 236 g/mol. The zero-order valence-corrected chi connectivity index (χ0v) is 9.18. The van der Waals surface area contributed by atoms with E-state index in [0.29, 0.717) is 6.54 Å². The number of benzene rings is 1. The molecular formula is C11H10ClF2NO.